The summed E-state index contributed by atoms with van der Waals surface area (Å²) in [5.74, 6) is 0.965. The Hall–Kier alpha value is -0.890. The SMILES string of the molecule is COCCC1=CCC=CC1C(=O)CCC(C)C. The highest BCUT2D eigenvalue weighted by atomic mass is 16.5. The zero-order chi connectivity index (χ0) is 12.7. The molecule has 0 heterocycles. The molecule has 1 unspecified atom stereocenters. The van der Waals surface area contributed by atoms with Gasteiger partial charge in [0.25, 0.3) is 0 Å². The van der Waals surface area contributed by atoms with E-state index in [0.717, 1.165) is 19.3 Å². The Bertz CT molecular complexity index is 300. The average Bonchev–Trinajstić information content (AvgIpc) is 2.33. The van der Waals surface area contributed by atoms with Gasteiger partial charge in [-0.1, -0.05) is 37.6 Å². The zero-order valence-electron chi connectivity index (χ0n) is 11.2. The minimum Gasteiger partial charge on any atom is -0.384 e. The first-order valence-corrected chi connectivity index (χ1v) is 6.52. The second-order valence-corrected chi connectivity index (χ2v) is 5.06. The molecule has 0 saturated carbocycles. The molecule has 0 amide bonds. The third-order valence-corrected chi connectivity index (χ3v) is 3.15. The van der Waals surface area contributed by atoms with Gasteiger partial charge in [-0.15, -0.1) is 0 Å². The van der Waals surface area contributed by atoms with Crippen molar-refractivity contribution in [3.05, 3.63) is 23.8 Å². The van der Waals surface area contributed by atoms with Gasteiger partial charge in [0.1, 0.15) is 5.78 Å². The largest absolute Gasteiger partial charge is 0.384 e. The van der Waals surface area contributed by atoms with Gasteiger partial charge < -0.3 is 4.74 Å². The minimum atomic E-state index is 0.0117. The lowest BCUT2D eigenvalue weighted by Crippen LogP contribution is -2.18. The fourth-order valence-electron chi connectivity index (χ4n) is 2.06. The number of carbonyl (C=O) groups is 1. The maximum atomic E-state index is 12.1. The fourth-order valence-corrected chi connectivity index (χ4v) is 2.06. The molecule has 1 rings (SSSR count). The van der Waals surface area contributed by atoms with Gasteiger partial charge >= 0.3 is 0 Å². The van der Waals surface area contributed by atoms with Gasteiger partial charge in [-0.25, -0.2) is 0 Å². The summed E-state index contributed by atoms with van der Waals surface area (Å²) in [4.78, 5) is 12.1. The lowest BCUT2D eigenvalue weighted by molar-refractivity contribution is -0.121. The average molecular weight is 236 g/mol. The van der Waals surface area contributed by atoms with Crippen LogP contribution in [-0.4, -0.2) is 19.5 Å². The highest BCUT2D eigenvalue weighted by molar-refractivity contribution is 5.85. The van der Waals surface area contributed by atoms with E-state index >= 15 is 0 Å². The molecule has 2 heteroatoms. The number of carbonyl (C=O) groups excluding carboxylic acids is 1. The molecule has 0 radical (unpaired) electrons. The van der Waals surface area contributed by atoms with Crippen LogP contribution in [0.2, 0.25) is 0 Å². The van der Waals surface area contributed by atoms with Crippen molar-refractivity contribution in [1.29, 1.82) is 0 Å². The summed E-state index contributed by atoms with van der Waals surface area (Å²) < 4.78 is 5.09. The summed E-state index contributed by atoms with van der Waals surface area (Å²) in [5.41, 5.74) is 1.24. The third-order valence-electron chi connectivity index (χ3n) is 3.15. The van der Waals surface area contributed by atoms with Crippen LogP contribution in [0.5, 0.6) is 0 Å². The molecular formula is C15H24O2. The smallest absolute Gasteiger partial charge is 0.143 e. The molecule has 1 atom stereocenters. The normalized spacial score (nSPS) is 19.5. The van der Waals surface area contributed by atoms with Crippen LogP contribution in [0.15, 0.2) is 23.8 Å². The first kappa shape index (κ1) is 14.2. The molecule has 0 aromatic rings. The Morgan fingerprint density at radius 3 is 2.94 bits per heavy atom. The summed E-state index contributed by atoms with van der Waals surface area (Å²) in [6.07, 6.45) is 9.84. The van der Waals surface area contributed by atoms with E-state index in [-0.39, 0.29) is 5.92 Å². The van der Waals surface area contributed by atoms with Crippen molar-refractivity contribution in [1.82, 2.24) is 0 Å². The fraction of sp³-hybridized carbons (Fsp3) is 0.667. The summed E-state index contributed by atoms with van der Waals surface area (Å²) in [6.45, 7) is 5.02. The van der Waals surface area contributed by atoms with E-state index in [1.807, 2.05) is 0 Å². The molecule has 0 fully saturated rings. The quantitative estimate of drug-likeness (QED) is 0.632. The number of allylic oxidation sites excluding steroid dienone is 3. The monoisotopic (exact) mass is 236 g/mol. The topological polar surface area (TPSA) is 26.3 Å². The number of hydrogen-bond acceptors (Lipinski definition) is 2. The minimum absolute atomic E-state index is 0.0117. The molecule has 0 saturated heterocycles. The van der Waals surface area contributed by atoms with Gasteiger partial charge in [-0.05, 0) is 25.2 Å². The molecule has 0 aliphatic heterocycles. The number of rotatable bonds is 7. The van der Waals surface area contributed by atoms with Gasteiger partial charge in [-0.2, -0.15) is 0 Å². The molecule has 1 aliphatic rings. The molecule has 96 valence electrons. The van der Waals surface area contributed by atoms with Crippen molar-refractivity contribution in [2.75, 3.05) is 13.7 Å². The van der Waals surface area contributed by atoms with E-state index in [1.54, 1.807) is 7.11 Å². The Kier molecular flexibility index (Phi) is 6.20. The Labute approximate surface area is 105 Å². The van der Waals surface area contributed by atoms with E-state index < -0.39 is 0 Å². The molecule has 0 bridgehead atoms. The Morgan fingerprint density at radius 2 is 2.29 bits per heavy atom. The summed E-state index contributed by atoms with van der Waals surface area (Å²) in [5, 5.41) is 0. The number of ketones is 1. The van der Waals surface area contributed by atoms with Gasteiger partial charge in [0.05, 0.1) is 5.92 Å². The third kappa shape index (κ3) is 4.86. The van der Waals surface area contributed by atoms with Crippen molar-refractivity contribution in [2.24, 2.45) is 11.8 Å². The Balaban J connectivity index is 2.53. The highest BCUT2D eigenvalue weighted by Crippen LogP contribution is 2.25. The number of ether oxygens (including phenoxy) is 1. The highest BCUT2D eigenvalue weighted by Gasteiger charge is 2.21. The van der Waals surface area contributed by atoms with Gasteiger partial charge in [-0.3, -0.25) is 4.79 Å². The zero-order valence-corrected chi connectivity index (χ0v) is 11.2. The lowest BCUT2D eigenvalue weighted by atomic mass is 9.85. The van der Waals surface area contributed by atoms with Crippen molar-refractivity contribution in [3.63, 3.8) is 0 Å². The van der Waals surface area contributed by atoms with Gasteiger partial charge in [0, 0.05) is 20.1 Å². The van der Waals surface area contributed by atoms with E-state index in [9.17, 15) is 4.79 Å². The first-order chi connectivity index (χ1) is 8.15. The molecule has 17 heavy (non-hydrogen) atoms. The predicted octanol–water partition coefficient (Wildman–Crippen LogP) is 3.53. The van der Waals surface area contributed by atoms with Crippen LogP contribution in [0.25, 0.3) is 0 Å². The van der Waals surface area contributed by atoms with Crippen LogP contribution >= 0.6 is 0 Å². The standard InChI is InChI=1S/C15H24O2/c1-12(2)8-9-15(16)14-7-5-4-6-13(14)10-11-17-3/h5-7,12,14H,4,8-11H2,1-3H3. The summed E-state index contributed by atoms with van der Waals surface area (Å²) in [7, 11) is 1.70. The number of methoxy groups -OCH3 is 1. The van der Waals surface area contributed by atoms with E-state index in [1.165, 1.54) is 5.57 Å². The van der Waals surface area contributed by atoms with Crippen LogP contribution in [-0.2, 0) is 9.53 Å². The van der Waals surface area contributed by atoms with Crippen LogP contribution in [0.4, 0.5) is 0 Å². The molecule has 0 aromatic carbocycles. The van der Waals surface area contributed by atoms with Crippen LogP contribution in [0.1, 0.15) is 39.5 Å². The van der Waals surface area contributed by atoms with Crippen molar-refractivity contribution < 1.29 is 9.53 Å². The molecule has 0 aromatic heterocycles. The van der Waals surface area contributed by atoms with Crippen molar-refractivity contribution in [2.45, 2.75) is 39.5 Å². The lowest BCUT2D eigenvalue weighted by Gasteiger charge is -2.19. The van der Waals surface area contributed by atoms with E-state index in [2.05, 4.69) is 32.1 Å². The van der Waals surface area contributed by atoms with Crippen molar-refractivity contribution in [3.8, 4) is 0 Å². The summed E-state index contributed by atoms with van der Waals surface area (Å²) >= 11 is 0. The number of Topliss-reactive ketones (excluding diaryl/α,β-unsaturated/α-hetero) is 1. The molecular weight excluding hydrogens is 212 g/mol. The van der Waals surface area contributed by atoms with Crippen LogP contribution in [0.3, 0.4) is 0 Å². The van der Waals surface area contributed by atoms with Gasteiger partial charge in [0.2, 0.25) is 0 Å². The molecule has 1 aliphatic carbocycles. The Morgan fingerprint density at radius 1 is 1.53 bits per heavy atom. The van der Waals surface area contributed by atoms with Gasteiger partial charge in [0.15, 0.2) is 0 Å². The van der Waals surface area contributed by atoms with Crippen LogP contribution in [0, 0.1) is 11.8 Å². The molecule has 2 nitrogen and oxygen atoms in total. The maximum Gasteiger partial charge on any atom is 0.143 e. The molecule has 0 spiro atoms. The number of hydrogen-bond donors (Lipinski definition) is 0. The second-order valence-electron chi connectivity index (χ2n) is 5.06. The molecule has 0 N–H and O–H groups in total. The summed E-state index contributed by atoms with van der Waals surface area (Å²) in [6, 6.07) is 0. The predicted molar refractivity (Wildman–Crippen MR) is 70.9 cm³/mol. The van der Waals surface area contributed by atoms with E-state index in [0.29, 0.717) is 24.7 Å². The first-order valence-electron chi connectivity index (χ1n) is 6.52. The van der Waals surface area contributed by atoms with Crippen molar-refractivity contribution >= 4 is 5.78 Å². The second kappa shape index (κ2) is 7.44. The maximum absolute atomic E-state index is 12.1. The van der Waals surface area contributed by atoms with Crippen LogP contribution < -0.4 is 0 Å². The van der Waals surface area contributed by atoms with E-state index in [4.69, 9.17) is 4.74 Å².